The molecule has 0 heterocycles. The summed E-state index contributed by atoms with van der Waals surface area (Å²) < 4.78 is 10.8. The molecule has 0 aliphatic heterocycles. The third-order valence-corrected chi connectivity index (χ3v) is 4.10. The lowest BCUT2D eigenvalue weighted by Crippen LogP contribution is -2.53. The molecule has 0 spiro atoms. The fourth-order valence-electron chi connectivity index (χ4n) is 1.57. The van der Waals surface area contributed by atoms with Crippen molar-refractivity contribution in [2.75, 3.05) is 14.2 Å². The highest BCUT2D eigenvalue weighted by atomic mass is 28.3. The van der Waals surface area contributed by atoms with Crippen molar-refractivity contribution in [2.24, 2.45) is 0 Å². The fraction of sp³-hybridized carbons (Fsp3) is 1.00. The molecule has 1 N–H and O–H groups in total. The van der Waals surface area contributed by atoms with Crippen molar-refractivity contribution in [3.8, 4) is 0 Å². The lowest BCUT2D eigenvalue weighted by molar-refractivity contribution is 0.242. The largest absolute Gasteiger partial charge is 0.399 e. The van der Waals surface area contributed by atoms with Crippen molar-refractivity contribution in [1.29, 1.82) is 0 Å². The molecule has 0 aliphatic carbocycles. The Hall–Kier alpha value is 0.0969. The van der Waals surface area contributed by atoms with Gasteiger partial charge in [-0.3, -0.25) is 0 Å². The van der Waals surface area contributed by atoms with Gasteiger partial charge in [0.15, 0.2) is 0 Å². The van der Waals surface area contributed by atoms with Crippen molar-refractivity contribution in [1.82, 2.24) is 5.32 Å². The van der Waals surface area contributed by atoms with E-state index in [1.807, 2.05) is 0 Å². The maximum Gasteiger partial charge on any atom is 0.338 e. The van der Waals surface area contributed by atoms with Gasteiger partial charge in [-0.05, 0) is 27.2 Å². The lowest BCUT2D eigenvalue weighted by Gasteiger charge is -2.31. The molecule has 0 fully saturated rings. The van der Waals surface area contributed by atoms with Crippen LogP contribution in [0, 0.1) is 0 Å². The number of hydrogen-bond acceptors (Lipinski definition) is 3. The smallest absolute Gasteiger partial charge is 0.338 e. The first-order valence-corrected chi connectivity index (χ1v) is 6.88. The van der Waals surface area contributed by atoms with Gasteiger partial charge >= 0.3 is 9.28 Å². The van der Waals surface area contributed by atoms with Crippen LogP contribution in [-0.2, 0) is 8.85 Å². The van der Waals surface area contributed by atoms with Crippen LogP contribution in [0.25, 0.3) is 0 Å². The van der Waals surface area contributed by atoms with E-state index in [2.05, 4.69) is 33.0 Å². The van der Waals surface area contributed by atoms with Gasteiger partial charge < -0.3 is 14.2 Å². The van der Waals surface area contributed by atoms with Crippen molar-refractivity contribution in [3.05, 3.63) is 0 Å². The van der Waals surface area contributed by atoms with E-state index < -0.39 is 9.28 Å². The molecule has 4 heteroatoms. The summed E-state index contributed by atoms with van der Waals surface area (Å²) in [6.07, 6.45) is 2.28. The Morgan fingerprint density at radius 2 is 1.71 bits per heavy atom. The summed E-state index contributed by atoms with van der Waals surface area (Å²) in [5.74, 6) is 0. The van der Waals surface area contributed by atoms with Gasteiger partial charge in [0.25, 0.3) is 0 Å². The summed E-state index contributed by atoms with van der Waals surface area (Å²) >= 11 is 0. The van der Waals surface area contributed by atoms with Gasteiger partial charge in [-0.15, -0.1) is 0 Å². The topological polar surface area (TPSA) is 30.5 Å². The second-order valence-corrected chi connectivity index (χ2v) is 7.11. The van der Waals surface area contributed by atoms with Gasteiger partial charge in [0.05, 0.1) is 0 Å². The summed E-state index contributed by atoms with van der Waals surface area (Å²) in [6, 6.07) is 0. The van der Waals surface area contributed by atoms with E-state index in [9.17, 15) is 0 Å². The van der Waals surface area contributed by atoms with Crippen LogP contribution in [0.4, 0.5) is 0 Å². The summed E-state index contributed by atoms with van der Waals surface area (Å²) in [5.41, 5.74) is 0.525. The van der Waals surface area contributed by atoms with Crippen LogP contribution < -0.4 is 5.32 Å². The summed E-state index contributed by atoms with van der Waals surface area (Å²) in [7, 11) is 1.95. The Balaban J connectivity index is 4.26. The summed E-state index contributed by atoms with van der Waals surface area (Å²) in [4.78, 5) is 0. The van der Waals surface area contributed by atoms with E-state index in [4.69, 9.17) is 8.85 Å². The van der Waals surface area contributed by atoms with Crippen LogP contribution in [-0.4, -0.2) is 34.7 Å². The number of nitrogens with one attached hydrogen (secondary N) is 1. The number of hydrogen-bond donors (Lipinski definition) is 1. The maximum absolute atomic E-state index is 5.41. The van der Waals surface area contributed by atoms with E-state index in [1.54, 1.807) is 14.2 Å². The molecule has 0 aromatic heterocycles. The third kappa shape index (κ3) is 5.75. The van der Waals surface area contributed by atoms with Crippen molar-refractivity contribution >= 4 is 9.28 Å². The highest BCUT2D eigenvalue weighted by molar-refractivity contribution is 6.46. The van der Waals surface area contributed by atoms with Crippen LogP contribution in [0.1, 0.15) is 40.5 Å². The van der Waals surface area contributed by atoms with Crippen LogP contribution in [0.2, 0.25) is 0 Å². The molecule has 0 amide bonds. The molecule has 0 radical (unpaired) electrons. The van der Waals surface area contributed by atoms with Gasteiger partial charge in [-0.1, -0.05) is 13.3 Å². The Bertz CT molecular complexity index is 144. The zero-order chi connectivity index (χ0) is 11.2. The summed E-state index contributed by atoms with van der Waals surface area (Å²) in [6.45, 7) is 8.71. The minimum Gasteiger partial charge on any atom is -0.399 e. The molecule has 3 nitrogen and oxygen atoms in total. The predicted molar refractivity (Wildman–Crippen MR) is 62.8 cm³/mol. The van der Waals surface area contributed by atoms with Gasteiger partial charge in [-0.25, -0.2) is 0 Å². The van der Waals surface area contributed by atoms with Crippen LogP contribution in [0.3, 0.4) is 0 Å². The fourth-order valence-corrected chi connectivity index (χ4v) is 3.66. The number of rotatable bonds is 6. The SMILES string of the molecule is CCCC(NC(C)(C)C)[SiH](OC)OC. The average molecular weight is 219 g/mol. The minimum absolute atomic E-state index is 0.127. The quantitative estimate of drug-likeness (QED) is 0.688. The molecule has 0 saturated heterocycles. The van der Waals surface area contributed by atoms with Gasteiger partial charge in [0.2, 0.25) is 0 Å². The highest BCUT2D eigenvalue weighted by Crippen LogP contribution is 2.09. The van der Waals surface area contributed by atoms with E-state index in [-0.39, 0.29) is 5.54 Å². The third-order valence-electron chi connectivity index (χ3n) is 2.01. The molecular formula is C10H25NO2Si. The van der Waals surface area contributed by atoms with Crippen LogP contribution in [0.15, 0.2) is 0 Å². The lowest BCUT2D eigenvalue weighted by atomic mass is 10.1. The minimum atomic E-state index is -1.54. The van der Waals surface area contributed by atoms with E-state index in [0.29, 0.717) is 5.67 Å². The zero-order valence-electron chi connectivity index (χ0n) is 10.4. The molecule has 1 unspecified atom stereocenters. The zero-order valence-corrected chi connectivity index (χ0v) is 11.5. The Morgan fingerprint density at radius 3 is 2.00 bits per heavy atom. The Kier molecular flexibility index (Phi) is 6.60. The standard InChI is InChI=1S/C10H25NO2Si/c1-7-8-9(11-10(2,3)4)14(12-5)13-6/h9,11,14H,7-8H2,1-6H3. The molecular weight excluding hydrogens is 194 g/mol. The van der Waals surface area contributed by atoms with Crippen LogP contribution in [0.5, 0.6) is 0 Å². The van der Waals surface area contributed by atoms with E-state index in [0.717, 1.165) is 12.8 Å². The molecule has 0 aliphatic rings. The first-order chi connectivity index (χ1) is 6.44. The normalized spacial score (nSPS) is 14.8. The highest BCUT2D eigenvalue weighted by Gasteiger charge is 2.27. The average Bonchev–Trinajstić information content (AvgIpc) is 2.04. The molecule has 1 atom stereocenters. The molecule has 0 aromatic rings. The molecule has 0 bridgehead atoms. The summed E-state index contributed by atoms with van der Waals surface area (Å²) in [5, 5.41) is 3.57. The Labute approximate surface area is 90.0 Å². The van der Waals surface area contributed by atoms with Gasteiger partial charge in [-0.2, -0.15) is 0 Å². The Morgan fingerprint density at radius 1 is 1.21 bits per heavy atom. The molecule has 86 valence electrons. The monoisotopic (exact) mass is 219 g/mol. The van der Waals surface area contributed by atoms with Crippen LogP contribution >= 0.6 is 0 Å². The second-order valence-electron chi connectivity index (χ2n) is 4.63. The molecule has 14 heavy (non-hydrogen) atoms. The molecule has 0 aromatic carbocycles. The maximum atomic E-state index is 5.41. The first kappa shape index (κ1) is 14.1. The van der Waals surface area contributed by atoms with E-state index in [1.165, 1.54) is 0 Å². The van der Waals surface area contributed by atoms with Crippen molar-refractivity contribution in [3.63, 3.8) is 0 Å². The first-order valence-electron chi connectivity index (χ1n) is 5.28. The second kappa shape index (κ2) is 6.56. The van der Waals surface area contributed by atoms with Gasteiger partial charge in [0.1, 0.15) is 0 Å². The van der Waals surface area contributed by atoms with Crippen molar-refractivity contribution < 1.29 is 8.85 Å². The molecule has 0 rings (SSSR count). The van der Waals surface area contributed by atoms with Gasteiger partial charge in [0, 0.05) is 25.4 Å². The van der Waals surface area contributed by atoms with E-state index >= 15 is 0 Å². The van der Waals surface area contributed by atoms with Crippen molar-refractivity contribution in [2.45, 2.75) is 51.7 Å². The predicted octanol–water partition coefficient (Wildman–Crippen LogP) is 1.60. The molecule has 0 saturated carbocycles.